The van der Waals surface area contributed by atoms with Crippen LogP contribution in [-0.2, 0) is 26.8 Å². The number of carbonyl (C=O) groups excluding carboxylic acids is 2. The molecule has 3 aromatic rings. The number of carbonyl (C=O) groups is 2. The van der Waals surface area contributed by atoms with Gasteiger partial charge >= 0.3 is 11.9 Å². The highest BCUT2D eigenvalue weighted by Gasteiger charge is 2.28. The Morgan fingerprint density at radius 1 is 0.738 bits per heavy atom. The number of rotatable bonds is 12. The molecule has 3 rings (SSSR count). The second-order valence-corrected chi connectivity index (χ2v) is 13.2. The quantitative estimate of drug-likeness (QED) is 0.161. The average Bonchev–Trinajstić information content (AvgIpc) is 2.94. The Kier molecular flexibility index (Phi) is 10.5. The maximum atomic E-state index is 13.0. The third kappa shape index (κ3) is 7.70. The van der Waals surface area contributed by atoms with Crippen LogP contribution in [-0.4, -0.2) is 17.5 Å². The molecular formula is C38H50O4. The largest absolute Gasteiger partial charge is 0.459 e. The van der Waals surface area contributed by atoms with Gasteiger partial charge in [-0.2, -0.15) is 0 Å². The zero-order valence-corrected chi connectivity index (χ0v) is 27.4. The second kappa shape index (κ2) is 13.3. The zero-order chi connectivity index (χ0) is 31.3. The molecule has 0 aliphatic carbocycles. The standard InChI is InChI=1S/C38H50O4/c1-11-22-36(6,7)32-20-18-30(23-26(32)4)37(8,9)31-19-21-33(27(5)24-31)41-35(40)29-16-14-28(15-17-29)25-34(39)42-38(10,12-2)13-3/h14-21,23-24H,11-13,22,25H2,1-10H3. The molecule has 0 spiro atoms. The van der Waals surface area contributed by atoms with Crippen LogP contribution in [0.4, 0.5) is 0 Å². The third-order valence-corrected chi connectivity index (χ3v) is 9.05. The lowest BCUT2D eigenvalue weighted by Gasteiger charge is -2.31. The summed E-state index contributed by atoms with van der Waals surface area (Å²) in [6.45, 7) is 21.5. The first-order chi connectivity index (χ1) is 19.7. The fourth-order valence-corrected chi connectivity index (χ4v) is 5.68. The minimum Gasteiger partial charge on any atom is -0.459 e. The van der Waals surface area contributed by atoms with Crippen molar-refractivity contribution in [2.24, 2.45) is 0 Å². The fourth-order valence-electron chi connectivity index (χ4n) is 5.68. The lowest BCUT2D eigenvalue weighted by molar-refractivity contribution is -0.157. The van der Waals surface area contributed by atoms with Gasteiger partial charge in [0.05, 0.1) is 12.0 Å². The predicted octanol–water partition coefficient (Wildman–Crippen LogP) is 9.59. The van der Waals surface area contributed by atoms with E-state index in [1.54, 1.807) is 24.3 Å². The van der Waals surface area contributed by atoms with Crippen LogP contribution in [0.3, 0.4) is 0 Å². The van der Waals surface area contributed by atoms with Crippen molar-refractivity contribution in [2.45, 2.75) is 118 Å². The van der Waals surface area contributed by atoms with Gasteiger partial charge in [0.15, 0.2) is 0 Å². The van der Waals surface area contributed by atoms with Gasteiger partial charge in [0, 0.05) is 5.41 Å². The summed E-state index contributed by atoms with van der Waals surface area (Å²) in [5, 5.41) is 0. The van der Waals surface area contributed by atoms with Crippen molar-refractivity contribution in [3.8, 4) is 5.75 Å². The SMILES string of the molecule is CCCC(C)(C)c1ccc(C(C)(C)c2ccc(OC(=O)c3ccc(CC(=O)OC(C)(CC)CC)cc3)c(C)c2)cc1C. The monoisotopic (exact) mass is 570 g/mol. The Morgan fingerprint density at radius 3 is 1.83 bits per heavy atom. The minimum absolute atomic E-state index is 0.154. The Balaban J connectivity index is 1.71. The number of aryl methyl sites for hydroxylation is 2. The van der Waals surface area contributed by atoms with Gasteiger partial charge in [-0.05, 0) is 97.0 Å². The van der Waals surface area contributed by atoms with E-state index in [1.165, 1.54) is 22.3 Å². The maximum Gasteiger partial charge on any atom is 0.343 e. The summed E-state index contributed by atoms with van der Waals surface area (Å²) >= 11 is 0. The molecule has 4 heteroatoms. The van der Waals surface area contributed by atoms with Crippen LogP contribution in [0.15, 0.2) is 60.7 Å². The van der Waals surface area contributed by atoms with Gasteiger partial charge in [0.1, 0.15) is 11.4 Å². The van der Waals surface area contributed by atoms with Gasteiger partial charge in [0.25, 0.3) is 0 Å². The Hall–Kier alpha value is -3.40. The number of benzene rings is 3. The maximum absolute atomic E-state index is 13.0. The molecular weight excluding hydrogens is 520 g/mol. The molecule has 3 aromatic carbocycles. The van der Waals surface area contributed by atoms with Gasteiger partial charge in [-0.25, -0.2) is 4.79 Å². The molecule has 0 aliphatic heterocycles. The fraction of sp³-hybridized carbons (Fsp3) is 0.474. The van der Waals surface area contributed by atoms with E-state index in [0.717, 1.165) is 36.8 Å². The van der Waals surface area contributed by atoms with Crippen molar-refractivity contribution in [3.63, 3.8) is 0 Å². The predicted molar refractivity (Wildman–Crippen MR) is 173 cm³/mol. The van der Waals surface area contributed by atoms with E-state index in [-0.39, 0.29) is 23.2 Å². The number of hydrogen-bond acceptors (Lipinski definition) is 4. The highest BCUT2D eigenvalue weighted by atomic mass is 16.6. The Bertz CT molecular complexity index is 1390. The topological polar surface area (TPSA) is 52.6 Å². The Morgan fingerprint density at radius 2 is 1.31 bits per heavy atom. The van der Waals surface area contributed by atoms with E-state index >= 15 is 0 Å². The summed E-state index contributed by atoms with van der Waals surface area (Å²) in [4.78, 5) is 25.4. The first-order valence-corrected chi connectivity index (χ1v) is 15.4. The van der Waals surface area contributed by atoms with Crippen molar-refractivity contribution in [1.29, 1.82) is 0 Å². The lowest BCUT2D eigenvalue weighted by Crippen LogP contribution is -2.30. The van der Waals surface area contributed by atoms with E-state index in [0.29, 0.717) is 11.3 Å². The molecule has 4 nitrogen and oxygen atoms in total. The number of hydrogen-bond donors (Lipinski definition) is 0. The van der Waals surface area contributed by atoms with Crippen LogP contribution >= 0.6 is 0 Å². The molecule has 42 heavy (non-hydrogen) atoms. The van der Waals surface area contributed by atoms with E-state index in [1.807, 2.05) is 33.8 Å². The van der Waals surface area contributed by atoms with Crippen molar-refractivity contribution in [3.05, 3.63) is 99.6 Å². The van der Waals surface area contributed by atoms with Gasteiger partial charge in [-0.3, -0.25) is 4.79 Å². The van der Waals surface area contributed by atoms with Gasteiger partial charge in [0.2, 0.25) is 0 Å². The van der Waals surface area contributed by atoms with E-state index in [2.05, 4.69) is 71.9 Å². The molecule has 0 bridgehead atoms. The first-order valence-electron chi connectivity index (χ1n) is 15.4. The molecule has 0 amide bonds. The number of esters is 2. The first kappa shape index (κ1) is 33.1. The van der Waals surface area contributed by atoms with Gasteiger partial charge in [-0.1, -0.05) is 97.4 Å². The van der Waals surface area contributed by atoms with Gasteiger partial charge in [-0.15, -0.1) is 0 Å². The van der Waals surface area contributed by atoms with Crippen LogP contribution in [0.2, 0.25) is 0 Å². The van der Waals surface area contributed by atoms with E-state index in [9.17, 15) is 9.59 Å². The molecule has 0 unspecified atom stereocenters. The van der Waals surface area contributed by atoms with Crippen molar-refractivity contribution in [2.75, 3.05) is 0 Å². The molecule has 0 fully saturated rings. The molecule has 226 valence electrons. The van der Waals surface area contributed by atoms with E-state index < -0.39 is 11.6 Å². The third-order valence-electron chi connectivity index (χ3n) is 9.05. The molecule has 0 atom stereocenters. The van der Waals surface area contributed by atoms with Gasteiger partial charge < -0.3 is 9.47 Å². The molecule has 0 N–H and O–H groups in total. The highest BCUT2D eigenvalue weighted by molar-refractivity contribution is 5.91. The summed E-state index contributed by atoms with van der Waals surface area (Å²) in [5.74, 6) is -0.148. The summed E-state index contributed by atoms with van der Waals surface area (Å²) in [6.07, 6.45) is 4.02. The van der Waals surface area contributed by atoms with Crippen molar-refractivity contribution >= 4 is 11.9 Å². The molecule has 0 heterocycles. The zero-order valence-electron chi connectivity index (χ0n) is 27.4. The van der Waals surface area contributed by atoms with Crippen molar-refractivity contribution in [1.82, 2.24) is 0 Å². The van der Waals surface area contributed by atoms with Crippen LogP contribution in [0, 0.1) is 13.8 Å². The summed E-state index contributed by atoms with van der Waals surface area (Å²) < 4.78 is 11.5. The van der Waals surface area contributed by atoms with Crippen molar-refractivity contribution < 1.29 is 19.1 Å². The second-order valence-electron chi connectivity index (χ2n) is 13.2. The van der Waals surface area contributed by atoms with Crippen LogP contribution in [0.1, 0.15) is 125 Å². The molecule has 0 aliphatic rings. The summed E-state index contributed by atoms with van der Waals surface area (Å²) in [6, 6.07) is 19.9. The summed E-state index contributed by atoms with van der Waals surface area (Å²) in [7, 11) is 0. The van der Waals surface area contributed by atoms with Crippen LogP contribution < -0.4 is 4.74 Å². The van der Waals surface area contributed by atoms with E-state index in [4.69, 9.17) is 9.47 Å². The highest BCUT2D eigenvalue weighted by Crippen LogP contribution is 2.37. The average molecular weight is 571 g/mol. The minimum atomic E-state index is -0.446. The molecule has 0 aromatic heterocycles. The molecule has 0 saturated heterocycles. The Labute approximate surface area is 253 Å². The molecule has 0 saturated carbocycles. The molecule has 0 radical (unpaired) electrons. The van der Waals surface area contributed by atoms with Crippen LogP contribution in [0.25, 0.3) is 0 Å². The number of ether oxygens (including phenoxy) is 2. The van der Waals surface area contributed by atoms with Crippen LogP contribution in [0.5, 0.6) is 5.75 Å². The smallest absolute Gasteiger partial charge is 0.343 e. The summed E-state index contributed by atoms with van der Waals surface area (Å²) in [5.41, 5.74) is 6.79. The normalized spacial score (nSPS) is 12.2. The lowest BCUT2D eigenvalue weighted by atomic mass is 9.74.